The third kappa shape index (κ3) is 3.97. The molecule has 0 bridgehead atoms. The minimum Gasteiger partial charge on any atom is -0.360 e. The highest BCUT2D eigenvalue weighted by Gasteiger charge is 2.23. The summed E-state index contributed by atoms with van der Waals surface area (Å²) in [5.74, 6) is 0.923. The summed E-state index contributed by atoms with van der Waals surface area (Å²) in [6.45, 7) is 3.29. The van der Waals surface area contributed by atoms with Crippen molar-refractivity contribution >= 4 is 22.5 Å². The van der Waals surface area contributed by atoms with Crippen molar-refractivity contribution in [2.45, 2.75) is 24.9 Å². The van der Waals surface area contributed by atoms with Crippen LogP contribution in [-0.2, 0) is 21.3 Å². The van der Waals surface area contributed by atoms with Crippen LogP contribution >= 0.6 is 0 Å². The largest absolute Gasteiger partial charge is 0.360 e. The summed E-state index contributed by atoms with van der Waals surface area (Å²) in [7, 11) is -1.51. The smallest absolute Gasteiger partial charge is 0.241 e. The number of hydrogen-bond donors (Lipinski definition) is 1. The van der Waals surface area contributed by atoms with Crippen LogP contribution in [0.1, 0.15) is 18.5 Å². The van der Waals surface area contributed by atoms with E-state index < -0.39 is 22.0 Å². The number of carbonyl (C=O) groups is 1. The first-order chi connectivity index (χ1) is 12.0. The van der Waals surface area contributed by atoms with Gasteiger partial charge in [-0.25, -0.2) is 0 Å². The fourth-order valence-corrected chi connectivity index (χ4v) is 3.07. The molecule has 10 heteroatoms. The van der Waals surface area contributed by atoms with Gasteiger partial charge in [0.25, 0.3) is 0 Å². The number of amides is 1. The van der Waals surface area contributed by atoms with Crippen LogP contribution in [0.3, 0.4) is 0 Å². The molecule has 0 radical (unpaired) electrons. The Bertz CT molecular complexity index is 892. The highest BCUT2D eigenvalue weighted by Crippen LogP contribution is 2.12. The van der Waals surface area contributed by atoms with E-state index in [1.807, 2.05) is 30.3 Å². The van der Waals surface area contributed by atoms with E-state index in [2.05, 4.69) is 26.0 Å². The number of carbonyl (C=O) groups excluding carboxylic acids is 1. The van der Waals surface area contributed by atoms with Gasteiger partial charge in [0, 0.05) is 16.9 Å². The van der Waals surface area contributed by atoms with Gasteiger partial charge in [0.2, 0.25) is 5.91 Å². The maximum atomic E-state index is 12.5. The molecule has 3 aromatic rings. The zero-order valence-corrected chi connectivity index (χ0v) is 14.4. The molecule has 0 fully saturated rings. The molecule has 0 spiro atoms. The second kappa shape index (κ2) is 7.34. The number of aromatic nitrogens is 5. The summed E-state index contributed by atoms with van der Waals surface area (Å²) in [5.41, 5.74) is 0.759. The molecule has 1 amide bonds. The summed E-state index contributed by atoms with van der Waals surface area (Å²) in [4.78, 5) is 12.2. The zero-order valence-electron chi connectivity index (χ0n) is 13.6. The topological polar surface area (TPSA) is 116 Å². The van der Waals surface area contributed by atoms with Crippen LogP contribution in [0.25, 0.3) is 5.69 Å². The lowest BCUT2D eigenvalue weighted by molar-refractivity contribution is -0.115. The van der Waals surface area contributed by atoms with Gasteiger partial charge in [-0.2, -0.15) is 4.68 Å². The normalized spacial score (nSPS) is 13.4. The molecule has 9 nitrogen and oxygen atoms in total. The molecule has 1 aromatic carbocycles. The molecule has 0 unspecified atom stereocenters. The first kappa shape index (κ1) is 17.0. The maximum Gasteiger partial charge on any atom is 0.241 e. The van der Waals surface area contributed by atoms with Gasteiger partial charge in [-0.3, -0.25) is 9.00 Å². The number of hydrogen-bond acceptors (Lipinski definition) is 7. The monoisotopic (exact) mass is 360 g/mol. The van der Waals surface area contributed by atoms with Crippen molar-refractivity contribution in [1.82, 2.24) is 25.4 Å². The second-order valence-electron chi connectivity index (χ2n) is 5.32. The zero-order chi connectivity index (χ0) is 17.8. The molecule has 0 saturated heterocycles. The van der Waals surface area contributed by atoms with Gasteiger partial charge in [0.1, 0.15) is 11.0 Å². The number of aryl methyl sites for hydroxylation is 1. The van der Waals surface area contributed by atoms with E-state index in [0.717, 1.165) is 5.69 Å². The minimum absolute atomic E-state index is 0.0499. The predicted molar refractivity (Wildman–Crippen MR) is 90.3 cm³/mol. The Kier molecular flexibility index (Phi) is 4.98. The number of rotatable bonds is 6. The van der Waals surface area contributed by atoms with Crippen LogP contribution in [-0.4, -0.2) is 40.7 Å². The van der Waals surface area contributed by atoms with Gasteiger partial charge in [0.05, 0.1) is 11.4 Å². The van der Waals surface area contributed by atoms with Gasteiger partial charge < -0.3 is 9.84 Å². The van der Waals surface area contributed by atoms with E-state index in [-0.39, 0.29) is 5.75 Å². The van der Waals surface area contributed by atoms with Crippen molar-refractivity contribution < 1.29 is 13.5 Å². The molecular formula is C15H16N6O3S. The molecule has 0 saturated carbocycles. The Morgan fingerprint density at radius 2 is 2.12 bits per heavy atom. The van der Waals surface area contributed by atoms with Crippen molar-refractivity contribution in [2.24, 2.45) is 0 Å². The lowest BCUT2D eigenvalue weighted by Gasteiger charge is -2.10. The summed E-state index contributed by atoms with van der Waals surface area (Å²) in [6, 6.07) is 10.9. The van der Waals surface area contributed by atoms with Crippen molar-refractivity contribution in [3.8, 4) is 5.69 Å². The van der Waals surface area contributed by atoms with Crippen LogP contribution in [0.5, 0.6) is 0 Å². The summed E-state index contributed by atoms with van der Waals surface area (Å²) in [6.07, 6.45) is 0. The lowest BCUT2D eigenvalue weighted by Crippen LogP contribution is -2.30. The lowest BCUT2D eigenvalue weighted by atomic mass is 10.3. The minimum atomic E-state index is -1.51. The maximum absolute atomic E-state index is 12.5. The number of nitrogens with one attached hydrogen (secondary N) is 1. The number of para-hydroxylation sites is 1. The number of anilines is 1. The Morgan fingerprint density at radius 3 is 2.80 bits per heavy atom. The molecular weight excluding hydrogens is 344 g/mol. The van der Waals surface area contributed by atoms with Crippen LogP contribution in [0, 0.1) is 6.92 Å². The van der Waals surface area contributed by atoms with E-state index in [1.165, 1.54) is 4.68 Å². The SMILES string of the molecule is Cc1cc(NC(=O)[C@@H](C)[S@@](=O)Cc2nnnn2-c2ccccc2)no1. The third-order valence-electron chi connectivity index (χ3n) is 3.45. The van der Waals surface area contributed by atoms with E-state index in [4.69, 9.17) is 4.52 Å². The highest BCUT2D eigenvalue weighted by atomic mass is 32.2. The van der Waals surface area contributed by atoms with E-state index in [1.54, 1.807) is 19.9 Å². The van der Waals surface area contributed by atoms with E-state index >= 15 is 0 Å². The number of tetrazole rings is 1. The average molecular weight is 360 g/mol. The Balaban J connectivity index is 1.68. The molecule has 130 valence electrons. The molecule has 2 heterocycles. The van der Waals surface area contributed by atoms with E-state index in [0.29, 0.717) is 17.4 Å². The molecule has 0 aliphatic rings. The predicted octanol–water partition coefficient (Wildman–Crippen LogP) is 1.23. The van der Waals surface area contributed by atoms with Crippen molar-refractivity contribution in [3.63, 3.8) is 0 Å². The quantitative estimate of drug-likeness (QED) is 0.703. The highest BCUT2D eigenvalue weighted by molar-refractivity contribution is 7.85. The molecule has 2 atom stereocenters. The van der Waals surface area contributed by atoms with Gasteiger partial charge in [-0.05, 0) is 36.4 Å². The Morgan fingerprint density at radius 1 is 1.36 bits per heavy atom. The first-order valence-electron chi connectivity index (χ1n) is 7.48. The Hall–Kier alpha value is -2.88. The first-order valence-corrected chi connectivity index (χ1v) is 8.87. The van der Waals surface area contributed by atoms with Crippen molar-refractivity contribution in [1.29, 1.82) is 0 Å². The van der Waals surface area contributed by atoms with E-state index in [9.17, 15) is 9.00 Å². The molecule has 0 aliphatic carbocycles. The molecule has 2 aromatic heterocycles. The van der Waals surface area contributed by atoms with Gasteiger partial charge in [0.15, 0.2) is 11.6 Å². The molecule has 3 rings (SSSR count). The molecule has 1 N–H and O–H groups in total. The average Bonchev–Trinajstić information content (AvgIpc) is 3.23. The summed E-state index contributed by atoms with van der Waals surface area (Å²) in [5, 5.41) is 16.9. The third-order valence-corrected chi connectivity index (χ3v) is 4.99. The second-order valence-corrected chi connectivity index (χ2v) is 7.08. The number of benzene rings is 1. The van der Waals surface area contributed by atoms with Gasteiger partial charge >= 0.3 is 0 Å². The van der Waals surface area contributed by atoms with Crippen LogP contribution in [0.4, 0.5) is 5.82 Å². The van der Waals surface area contributed by atoms with Crippen LogP contribution < -0.4 is 5.32 Å². The standard InChI is InChI=1S/C15H16N6O3S/c1-10-8-13(18-24-10)16-15(22)11(2)25(23)9-14-17-19-20-21(14)12-6-4-3-5-7-12/h3-8,11H,9H2,1-2H3,(H,16,18,22)/t11-,25+/m1/s1. The van der Waals surface area contributed by atoms with Gasteiger partial charge in [-0.15, -0.1) is 5.10 Å². The van der Waals surface area contributed by atoms with Gasteiger partial charge in [-0.1, -0.05) is 23.4 Å². The molecule has 0 aliphatic heterocycles. The fourth-order valence-electron chi connectivity index (χ4n) is 2.09. The van der Waals surface area contributed by atoms with Crippen LogP contribution in [0.15, 0.2) is 40.9 Å². The Labute approximate surface area is 145 Å². The number of nitrogens with zero attached hydrogens (tertiary/aromatic N) is 5. The van der Waals surface area contributed by atoms with Crippen molar-refractivity contribution in [3.05, 3.63) is 48.0 Å². The van der Waals surface area contributed by atoms with Crippen molar-refractivity contribution in [2.75, 3.05) is 5.32 Å². The summed E-state index contributed by atoms with van der Waals surface area (Å²) >= 11 is 0. The van der Waals surface area contributed by atoms with Crippen LogP contribution in [0.2, 0.25) is 0 Å². The molecule has 25 heavy (non-hydrogen) atoms. The fraction of sp³-hybridized carbons (Fsp3) is 0.267. The summed E-state index contributed by atoms with van der Waals surface area (Å²) < 4.78 is 18.9.